The molecule has 0 amide bonds. The van der Waals surface area contributed by atoms with Gasteiger partial charge < -0.3 is 5.32 Å². The van der Waals surface area contributed by atoms with Crippen LogP contribution in [-0.4, -0.2) is 12.3 Å². The summed E-state index contributed by atoms with van der Waals surface area (Å²) in [5, 5.41) is 3.03. The molecule has 0 aliphatic carbocycles. The summed E-state index contributed by atoms with van der Waals surface area (Å²) in [7, 11) is 0. The van der Waals surface area contributed by atoms with Crippen molar-refractivity contribution < 1.29 is 9.18 Å². The number of hydrogen-bond acceptors (Lipinski definition) is 2. The standard InChI is InChI=1S/C9H8FNO/c10-6-1-2-8-7(5-6)9(12)3-4-11-8/h1-2,5,11H,3-4H2. The minimum Gasteiger partial charge on any atom is -0.384 e. The van der Waals surface area contributed by atoms with Crippen molar-refractivity contribution in [2.24, 2.45) is 0 Å². The number of nitrogens with one attached hydrogen (secondary N) is 1. The van der Waals surface area contributed by atoms with Crippen LogP contribution in [0, 0.1) is 5.82 Å². The molecular formula is C9H8FNO. The Morgan fingerprint density at radius 1 is 1.42 bits per heavy atom. The summed E-state index contributed by atoms with van der Waals surface area (Å²) >= 11 is 0. The molecule has 0 unspecified atom stereocenters. The van der Waals surface area contributed by atoms with Crippen molar-refractivity contribution in [2.45, 2.75) is 6.42 Å². The highest BCUT2D eigenvalue weighted by Gasteiger charge is 2.16. The van der Waals surface area contributed by atoms with Gasteiger partial charge in [0.1, 0.15) is 5.82 Å². The number of carbonyl (C=O) groups excluding carboxylic acids is 1. The van der Waals surface area contributed by atoms with Crippen molar-refractivity contribution >= 4 is 11.5 Å². The Labute approximate surface area is 69.4 Å². The highest BCUT2D eigenvalue weighted by atomic mass is 19.1. The summed E-state index contributed by atoms with van der Waals surface area (Å²) in [4.78, 5) is 11.2. The van der Waals surface area contributed by atoms with Crippen LogP contribution in [0.15, 0.2) is 18.2 Å². The smallest absolute Gasteiger partial charge is 0.166 e. The van der Waals surface area contributed by atoms with E-state index < -0.39 is 0 Å². The van der Waals surface area contributed by atoms with Gasteiger partial charge in [-0.2, -0.15) is 0 Å². The Morgan fingerprint density at radius 2 is 2.25 bits per heavy atom. The lowest BCUT2D eigenvalue weighted by Gasteiger charge is -2.16. The fourth-order valence-corrected chi connectivity index (χ4v) is 1.35. The number of anilines is 1. The molecule has 1 aromatic rings. The third-order valence-electron chi connectivity index (χ3n) is 1.95. The molecule has 1 aromatic carbocycles. The molecule has 1 aliphatic rings. The van der Waals surface area contributed by atoms with Crippen molar-refractivity contribution in [3.05, 3.63) is 29.6 Å². The zero-order valence-electron chi connectivity index (χ0n) is 6.43. The molecule has 0 atom stereocenters. The average molecular weight is 165 g/mol. The summed E-state index contributed by atoms with van der Waals surface area (Å²) < 4.78 is 12.7. The quantitative estimate of drug-likeness (QED) is 0.635. The van der Waals surface area contributed by atoms with Gasteiger partial charge in [0, 0.05) is 24.2 Å². The monoisotopic (exact) mass is 165 g/mol. The maximum atomic E-state index is 12.7. The van der Waals surface area contributed by atoms with Gasteiger partial charge in [0.05, 0.1) is 0 Å². The second kappa shape index (κ2) is 2.59. The maximum absolute atomic E-state index is 12.7. The largest absolute Gasteiger partial charge is 0.384 e. The van der Waals surface area contributed by atoms with Crippen molar-refractivity contribution in [1.82, 2.24) is 0 Å². The molecule has 0 bridgehead atoms. The van der Waals surface area contributed by atoms with E-state index in [9.17, 15) is 9.18 Å². The number of Topliss-reactive ketones (excluding diaryl/α,β-unsaturated/α-hetero) is 1. The normalized spacial score (nSPS) is 15.2. The third kappa shape index (κ3) is 1.07. The molecule has 0 spiro atoms. The second-order valence-corrected chi connectivity index (χ2v) is 2.79. The first kappa shape index (κ1) is 7.28. The number of benzene rings is 1. The molecule has 3 heteroatoms. The Hall–Kier alpha value is -1.38. The molecule has 2 nitrogen and oxygen atoms in total. The van der Waals surface area contributed by atoms with E-state index in [4.69, 9.17) is 0 Å². The van der Waals surface area contributed by atoms with E-state index in [1.54, 1.807) is 6.07 Å². The first-order chi connectivity index (χ1) is 5.77. The first-order valence-electron chi connectivity index (χ1n) is 3.84. The molecule has 0 fully saturated rings. The number of rotatable bonds is 0. The molecule has 1 aliphatic heterocycles. The average Bonchev–Trinajstić information content (AvgIpc) is 2.07. The lowest BCUT2D eigenvalue weighted by atomic mass is 10.0. The Kier molecular flexibility index (Phi) is 1.57. The van der Waals surface area contributed by atoms with Gasteiger partial charge in [-0.1, -0.05) is 0 Å². The summed E-state index contributed by atoms with van der Waals surface area (Å²) in [5.74, 6) is -0.339. The van der Waals surface area contributed by atoms with E-state index in [1.807, 2.05) is 0 Å². The van der Waals surface area contributed by atoms with Crippen molar-refractivity contribution in [3.8, 4) is 0 Å². The third-order valence-corrected chi connectivity index (χ3v) is 1.95. The van der Waals surface area contributed by atoms with Gasteiger partial charge in [-0.05, 0) is 18.2 Å². The molecule has 0 radical (unpaired) electrons. The summed E-state index contributed by atoms with van der Waals surface area (Å²) in [6.07, 6.45) is 0.455. The van der Waals surface area contributed by atoms with Gasteiger partial charge in [-0.3, -0.25) is 4.79 Å². The Morgan fingerprint density at radius 3 is 3.08 bits per heavy atom. The van der Waals surface area contributed by atoms with Gasteiger partial charge in [0.25, 0.3) is 0 Å². The fourth-order valence-electron chi connectivity index (χ4n) is 1.35. The van der Waals surface area contributed by atoms with E-state index in [0.29, 0.717) is 18.5 Å². The first-order valence-corrected chi connectivity index (χ1v) is 3.84. The SMILES string of the molecule is O=C1CCNc2ccc(F)cc21. The summed E-state index contributed by atoms with van der Waals surface area (Å²) in [5.41, 5.74) is 1.22. The predicted molar refractivity (Wildman–Crippen MR) is 43.8 cm³/mol. The minimum absolute atomic E-state index is 0.0169. The van der Waals surface area contributed by atoms with Crippen LogP contribution in [0.4, 0.5) is 10.1 Å². The van der Waals surface area contributed by atoms with Crippen LogP contribution >= 0.6 is 0 Å². The zero-order valence-corrected chi connectivity index (χ0v) is 6.43. The van der Waals surface area contributed by atoms with Crippen molar-refractivity contribution in [3.63, 3.8) is 0 Å². The van der Waals surface area contributed by atoms with E-state index in [-0.39, 0.29) is 11.6 Å². The highest BCUT2D eigenvalue weighted by molar-refractivity contribution is 6.02. The molecule has 0 aromatic heterocycles. The molecule has 0 saturated carbocycles. The molecule has 2 rings (SSSR count). The fraction of sp³-hybridized carbons (Fsp3) is 0.222. The number of carbonyl (C=O) groups is 1. The second-order valence-electron chi connectivity index (χ2n) is 2.79. The van der Waals surface area contributed by atoms with Gasteiger partial charge in [0.2, 0.25) is 0 Å². The lowest BCUT2D eigenvalue weighted by molar-refractivity contribution is 0.0983. The van der Waals surface area contributed by atoms with Crippen LogP contribution < -0.4 is 5.32 Å². The number of halogens is 1. The Balaban J connectivity index is 2.54. The van der Waals surface area contributed by atoms with Crippen LogP contribution in [0.5, 0.6) is 0 Å². The Bertz CT molecular complexity index is 335. The topological polar surface area (TPSA) is 29.1 Å². The zero-order chi connectivity index (χ0) is 8.55. The van der Waals surface area contributed by atoms with Crippen LogP contribution in [0.25, 0.3) is 0 Å². The van der Waals surface area contributed by atoms with Crippen molar-refractivity contribution in [1.29, 1.82) is 0 Å². The summed E-state index contributed by atoms with van der Waals surface area (Å²) in [6, 6.07) is 4.23. The van der Waals surface area contributed by atoms with Gasteiger partial charge in [0.15, 0.2) is 5.78 Å². The summed E-state index contributed by atoms with van der Waals surface area (Å²) in [6.45, 7) is 0.650. The molecule has 12 heavy (non-hydrogen) atoms. The maximum Gasteiger partial charge on any atom is 0.166 e. The lowest BCUT2D eigenvalue weighted by Crippen LogP contribution is -2.17. The molecule has 0 saturated heterocycles. The van der Waals surface area contributed by atoms with Crippen molar-refractivity contribution in [2.75, 3.05) is 11.9 Å². The van der Waals surface area contributed by atoms with E-state index in [1.165, 1.54) is 12.1 Å². The number of fused-ring (bicyclic) bond motifs is 1. The minimum atomic E-state index is -0.356. The van der Waals surface area contributed by atoms with E-state index >= 15 is 0 Å². The van der Waals surface area contributed by atoms with E-state index in [2.05, 4.69) is 5.32 Å². The van der Waals surface area contributed by atoms with Gasteiger partial charge >= 0.3 is 0 Å². The van der Waals surface area contributed by atoms with Crippen LogP contribution in [-0.2, 0) is 0 Å². The number of hydrogen-bond donors (Lipinski definition) is 1. The van der Waals surface area contributed by atoms with Crippen LogP contribution in [0.1, 0.15) is 16.8 Å². The predicted octanol–water partition coefficient (Wildman–Crippen LogP) is 1.82. The van der Waals surface area contributed by atoms with Crippen LogP contribution in [0.2, 0.25) is 0 Å². The molecule has 1 N–H and O–H groups in total. The van der Waals surface area contributed by atoms with Gasteiger partial charge in [-0.25, -0.2) is 4.39 Å². The van der Waals surface area contributed by atoms with Crippen LogP contribution in [0.3, 0.4) is 0 Å². The highest BCUT2D eigenvalue weighted by Crippen LogP contribution is 2.21. The molecule has 62 valence electrons. The number of ketones is 1. The van der Waals surface area contributed by atoms with Gasteiger partial charge in [-0.15, -0.1) is 0 Å². The molecular weight excluding hydrogens is 157 g/mol. The molecule has 1 heterocycles. The van der Waals surface area contributed by atoms with E-state index in [0.717, 1.165) is 5.69 Å².